The van der Waals surface area contributed by atoms with Crippen LogP contribution in [0, 0.1) is 13.8 Å². The van der Waals surface area contributed by atoms with Gasteiger partial charge in [-0.1, -0.05) is 47.5 Å². The summed E-state index contributed by atoms with van der Waals surface area (Å²) in [6.45, 7) is 4.58. The van der Waals surface area contributed by atoms with Crippen molar-refractivity contribution in [3.63, 3.8) is 0 Å². The summed E-state index contributed by atoms with van der Waals surface area (Å²) in [5, 5.41) is 3.87. The third-order valence-electron chi connectivity index (χ3n) is 4.39. The van der Waals surface area contributed by atoms with Crippen LogP contribution in [0.3, 0.4) is 0 Å². The van der Waals surface area contributed by atoms with E-state index in [1.54, 1.807) is 36.0 Å². The average Bonchev–Trinajstić information content (AvgIpc) is 2.61. The van der Waals surface area contributed by atoms with Gasteiger partial charge in [-0.15, -0.1) is 0 Å². The number of carbonyl (C=O) groups excluding carboxylic acids is 2. The molecule has 0 aromatic heterocycles. The Morgan fingerprint density at radius 2 is 1.61 bits per heavy atom. The summed E-state index contributed by atoms with van der Waals surface area (Å²) in [4.78, 5) is 28.1. The van der Waals surface area contributed by atoms with Gasteiger partial charge < -0.3 is 10.2 Å². The van der Waals surface area contributed by atoms with Gasteiger partial charge in [-0.2, -0.15) is 0 Å². The van der Waals surface area contributed by atoms with Gasteiger partial charge in [0.2, 0.25) is 11.8 Å². The summed E-state index contributed by atoms with van der Waals surface area (Å²) in [7, 11) is 3.46. The number of aryl methyl sites for hydroxylation is 2. The van der Waals surface area contributed by atoms with Crippen molar-refractivity contribution in [1.82, 2.24) is 9.80 Å². The highest BCUT2D eigenvalue weighted by atomic mass is 35.5. The Labute approximate surface area is 176 Å². The first-order chi connectivity index (χ1) is 13.2. The number of nitrogens with one attached hydrogen (secondary N) is 1. The SMILES string of the molecule is Cc1cccc(C)c1NC(=O)CN(C)CC(=O)N(C)Cc1ccc(Cl)c(Cl)c1. The molecule has 2 amide bonds. The van der Waals surface area contributed by atoms with Crippen molar-refractivity contribution in [1.29, 1.82) is 0 Å². The lowest BCUT2D eigenvalue weighted by molar-refractivity contribution is -0.131. The summed E-state index contributed by atoms with van der Waals surface area (Å²) < 4.78 is 0. The Bertz CT molecular complexity index is 850. The molecule has 1 N–H and O–H groups in total. The minimum atomic E-state index is -0.153. The predicted molar refractivity (Wildman–Crippen MR) is 115 cm³/mol. The highest BCUT2D eigenvalue weighted by molar-refractivity contribution is 6.42. The first-order valence-corrected chi connectivity index (χ1v) is 9.65. The summed E-state index contributed by atoms with van der Waals surface area (Å²) >= 11 is 11.9. The molecule has 0 saturated carbocycles. The zero-order valence-corrected chi connectivity index (χ0v) is 18.1. The summed E-state index contributed by atoms with van der Waals surface area (Å²) in [5.41, 5.74) is 3.73. The summed E-state index contributed by atoms with van der Waals surface area (Å²) in [5.74, 6) is -0.242. The number of carbonyl (C=O) groups is 2. The van der Waals surface area contributed by atoms with Crippen LogP contribution in [0.2, 0.25) is 10.0 Å². The van der Waals surface area contributed by atoms with Gasteiger partial charge in [-0.3, -0.25) is 14.5 Å². The van der Waals surface area contributed by atoms with Crippen LogP contribution in [-0.2, 0) is 16.1 Å². The molecule has 0 aliphatic heterocycles. The van der Waals surface area contributed by atoms with Crippen molar-refractivity contribution in [2.24, 2.45) is 0 Å². The number of hydrogen-bond acceptors (Lipinski definition) is 3. The van der Waals surface area contributed by atoms with E-state index < -0.39 is 0 Å². The third-order valence-corrected chi connectivity index (χ3v) is 5.13. The van der Waals surface area contributed by atoms with Crippen LogP contribution < -0.4 is 5.32 Å². The molecular weight excluding hydrogens is 397 g/mol. The molecule has 0 unspecified atom stereocenters. The normalized spacial score (nSPS) is 10.8. The van der Waals surface area contributed by atoms with Crippen molar-refractivity contribution in [3.05, 3.63) is 63.1 Å². The van der Waals surface area contributed by atoms with Crippen molar-refractivity contribution >= 4 is 40.7 Å². The molecule has 0 heterocycles. The standard InChI is InChI=1S/C21H25Cl2N3O2/c1-14-6-5-7-15(2)21(14)24-19(27)12-25(3)13-20(28)26(4)11-16-8-9-17(22)18(23)10-16/h5-10H,11-13H2,1-4H3,(H,24,27). The van der Waals surface area contributed by atoms with E-state index in [1.807, 2.05) is 38.1 Å². The van der Waals surface area contributed by atoms with E-state index in [0.29, 0.717) is 16.6 Å². The van der Waals surface area contributed by atoms with Gasteiger partial charge in [-0.25, -0.2) is 0 Å². The molecule has 0 fully saturated rings. The van der Waals surface area contributed by atoms with Crippen LogP contribution in [0.15, 0.2) is 36.4 Å². The fourth-order valence-corrected chi connectivity index (χ4v) is 3.16. The van der Waals surface area contributed by atoms with E-state index in [9.17, 15) is 9.59 Å². The average molecular weight is 422 g/mol. The Morgan fingerprint density at radius 3 is 2.21 bits per heavy atom. The number of nitrogens with zero attached hydrogens (tertiary/aromatic N) is 2. The largest absolute Gasteiger partial charge is 0.340 e. The first-order valence-electron chi connectivity index (χ1n) is 8.90. The molecule has 5 nitrogen and oxygen atoms in total. The van der Waals surface area contributed by atoms with Gasteiger partial charge in [-0.05, 0) is 49.7 Å². The second kappa shape index (κ2) is 9.92. The number of amides is 2. The highest BCUT2D eigenvalue weighted by Gasteiger charge is 2.16. The molecule has 2 rings (SSSR count). The molecule has 0 atom stereocenters. The first kappa shape index (κ1) is 22.2. The quantitative estimate of drug-likeness (QED) is 0.730. The number of benzene rings is 2. The number of hydrogen-bond donors (Lipinski definition) is 1. The molecule has 28 heavy (non-hydrogen) atoms. The van der Waals surface area contributed by atoms with Gasteiger partial charge in [0.25, 0.3) is 0 Å². The number of halogens is 2. The van der Waals surface area contributed by atoms with Crippen LogP contribution in [0.5, 0.6) is 0 Å². The lowest BCUT2D eigenvalue weighted by atomic mass is 10.1. The number of rotatable bonds is 7. The maximum atomic E-state index is 12.5. The van der Waals surface area contributed by atoms with Crippen LogP contribution in [0.25, 0.3) is 0 Å². The second-order valence-electron chi connectivity index (χ2n) is 6.99. The van der Waals surface area contributed by atoms with E-state index in [0.717, 1.165) is 22.4 Å². The molecule has 0 radical (unpaired) electrons. The van der Waals surface area contributed by atoms with E-state index in [1.165, 1.54) is 0 Å². The monoisotopic (exact) mass is 421 g/mol. The summed E-state index contributed by atoms with van der Waals surface area (Å²) in [6, 6.07) is 11.1. The van der Waals surface area contributed by atoms with E-state index in [2.05, 4.69) is 5.32 Å². The van der Waals surface area contributed by atoms with Gasteiger partial charge in [0, 0.05) is 19.3 Å². The molecule has 0 aliphatic carbocycles. The zero-order chi connectivity index (χ0) is 20.8. The van der Waals surface area contributed by atoms with Crippen molar-refractivity contribution in [3.8, 4) is 0 Å². The molecular formula is C21H25Cl2N3O2. The molecule has 0 spiro atoms. The molecule has 7 heteroatoms. The number of anilines is 1. The highest BCUT2D eigenvalue weighted by Crippen LogP contribution is 2.23. The maximum Gasteiger partial charge on any atom is 0.238 e. The van der Waals surface area contributed by atoms with E-state index in [-0.39, 0.29) is 24.9 Å². The number of para-hydroxylation sites is 1. The van der Waals surface area contributed by atoms with Crippen LogP contribution in [0.1, 0.15) is 16.7 Å². The molecule has 0 saturated heterocycles. The molecule has 2 aromatic rings. The topological polar surface area (TPSA) is 52.7 Å². The smallest absolute Gasteiger partial charge is 0.238 e. The minimum absolute atomic E-state index is 0.0894. The summed E-state index contributed by atoms with van der Waals surface area (Å²) in [6.07, 6.45) is 0. The molecule has 150 valence electrons. The van der Waals surface area contributed by atoms with Crippen molar-refractivity contribution in [2.75, 3.05) is 32.5 Å². The Kier molecular flexibility index (Phi) is 7.87. The fraction of sp³-hybridized carbons (Fsp3) is 0.333. The van der Waals surface area contributed by atoms with E-state index in [4.69, 9.17) is 23.2 Å². The number of likely N-dealkylation sites (N-methyl/N-ethyl adjacent to an activating group) is 2. The van der Waals surface area contributed by atoms with E-state index >= 15 is 0 Å². The van der Waals surface area contributed by atoms with Gasteiger partial charge >= 0.3 is 0 Å². The van der Waals surface area contributed by atoms with Gasteiger partial charge in [0.15, 0.2) is 0 Å². The Balaban J connectivity index is 1.87. The van der Waals surface area contributed by atoms with Crippen LogP contribution in [-0.4, -0.2) is 48.8 Å². The molecule has 0 bridgehead atoms. The zero-order valence-electron chi connectivity index (χ0n) is 16.6. The van der Waals surface area contributed by atoms with Gasteiger partial charge in [0.1, 0.15) is 0 Å². The second-order valence-corrected chi connectivity index (χ2v) is 7.80. The maximum absolute atomic E-state index is 12.5. The minimum Gasteiger partial charge on any atom is -0.340 e. The Morgan fingerprint density at radius 1 is 0.964 bits per heavy atom. The Hall–Kier alpha value is -2.08. The lowest BCUT2D eigenvalue weighted by Gasteiger charge is -2.22. The molecule has 0 aliphatic rings. The van der Waals surface area contributed by atoms with Crippen molar-refractivity contribution in [2.45, 2.75) is 20.4 Å². The van der Waals surface area contributed by atoms with Gasteiger partial charge in [0.05, 0.1) is 23.1 Å². The lowest BCUT2D eigenvalue weighted by Crippen LogP contribution is -2.39. The van der Waals surface area contributed by atoms with Crippen molar-refractivity contribution < 1.29 is 9.59 Å². The van der Waals surface area contributed by atoms with Crippen LogP contribution >= 0.6 is 23.2 Å². The third kappa shape index (κ3) is 6.23. The fourth-order valence-electron chi connectivity index (χ4n) is 2.84. The molecule has 2 aromatic carbocycles. The van der Waals surface area contributed by atoms with Crippen LogP contribution in [0.4, 0.5) is 5.69 Å². The predicted octanol–water partition coefficient (Wildman–Crippen LogP) is 4.14.